The first-order chi connectivity index (χ1) is 10.9. The van der Waals surface area contributed by atoms with E-state index in [0.717, 1.165) is 45.2 Å². The minimum absolute atomic E-state index is 0.0448. The van der Waals surface area contributed by atoms with Gasteiger partial charge in [0.15, 0.2) is 0 Å². The zero-order valence-electron chi connectivity index (χ0n) is 15.9. The highest BCUT2D eigenvalue weighted by Gasteiger charge is 2.10. The predicted molar refractivity (Wildman–Crippen MR) is 98.0 cm³/mol. The largest absolute Gasteiger partial charge is 0.320 e. The molecule has 0 radical (unpaired) electrons. The molecular weight excluding hydrogens is 292 g/mol. The van der Waals surface area contributed by atoms with E-state index >= 15 is 0 Å². The molecule has 0 aliphatic rings. The average molecular weight is 331 g/mol. The molecule has 0 aromatic carbocycles. The third kappa shape index (κ3) is 15.8. The summed E-state index contributed by atoms with van der Waals surface area (Å²) in [5.74, 6) is 0.463. The van der Waals surface area contributed by atoms with Crippen LogP contribution >= 0.6 is 0 Å². The van der Waals surface area contributed by atoms with E-state index in [9.17, 15) is 9.59 Å². The summed E-state index contributed by atoms with van der Waals surface area (Å²) in [7, 11) is 7.53. The van der Waals surface area contributed by atoms with Crippen LogP contribution in [-0.2, 0) is 9.59 Å². The van der Waals surface area contributed by atoms with Crippen LogP contribution in [0.1, 0.15) is 46.0 Å². The Bertz CT molecular complexity index is 298. The lowest BCUT2D eigenvalue weighted by molar-refractivity contribution is -0.119. The van der Waals surface area contributed by atoms with Crippen molar-refractivity contribution >= 4 is 11.6 Å². The second kappa shape index (κ2) is 17.5. The van der Waals surface area contributed by atoms with Gasteiger partial charge in [-0.3, -0.25) is 9.59 Å². The molecule has 0 unspecified atom stereocenters. The van der Waals surface area contributed by atoms with Gasteiger partial charge in [-0.05, 0) is 80.8 Å². The van der Waals surface area contributed by atoms with Gasteiger partial charge in [0.05, 0.1) is 12.1 Å². The quantitative estimate of drug-likeness (QED) is 0.373. The number of Topliss-reactive ketones (excluding diaryl/α,β-unsaturated/α-hetero) is 2. The third-order valence-corrected chi connectivity index (χ3v) is 3.77. The Labute approximate surface area is 142 Å². The summed E-state index contributed by atoms with van der Waals surface area (Å²) in [5, 5.41) is 12.1. The van der Waals surface area contributed by atoms with E-state index in [1.807, 2.05) is 28.2 Å². The van der Waals surface area contributed by atoms with Crippen molar-refractivity contribution in [1.82, 2.24) is 21.3 Å². The monoisotopic (exact) mass is 330 g/mol. The molecule has 0 spiro atoms. The molecule has 0 fully saturated rings. The SMILES string of the molecule is CNCCCC[C@@H](NC)C(C)=O.CNCCC[C@@H](NC)C(C)=O. The molecule has 0 aliphatic heterocycles. The zero-order valence-corrected chi connectivity index (χ0v) is 15.9. The van der Waals surface area contributed by atoms with Gasteiger partial charge in [-0.15, -0.1) is 0 Å². The van der Waals surface area contributed by atoms with Crippen molar-refractivity contribution in [3.05, 3.63) is 0 Å². The van der Waals surface area contributed by atoms with Gasteiger partial charge in [-0.2, -0.15) is 0 Å². The molecule has 0 amide bonds. The van der Waals surface area contributed by atoms with Crippen LogP contribution < -0.4 is 21.3 Å². The van der Waals surface area contributed by atoms with Gasteiger partial charge in [0, 0.05) is 0 Å². The van der Waals surface area contributed by atoms with Crippen LogP contribution in [0.4, 0.5) is 0 Å². The van der Waals surface area contributed by atoms with Crippen LogP contribution in [-0.4, -0.2) is 64.9 Å². The Balaban J connectivity index is 0. The van der Waals surface area contributed by atoms with Crippen molar-refractivity contribution in [1.29, 1.82) is 0 Å². The lowest BCUT2D eigenvalue weighted by Crippen LogP contribution is -2.32. The third-order valence-electron chi connectivity index (χ3n) is 3.77. The molecule has 2 atom stereocenters. The summed E-state index contributed by atoms with van der Waals surface area (Å²) in [6.45, 7) is 5.28. The molecular formula is C17H38N4O2. The Morgan fingerprint density at radius 1 is 0.696 bits per heavy atom. The van der Waals surface area contributed by atoms with E-state index in [-0.39, 0.29) is 23.7 Å². The molecule has 0 bridgehead atoms. The lowest BCUT2D eigenvalue weighted by Gasteiger charge is -2.11. The topological polar surface area (TPSA) is 82.3 Å². The molecule has 0 aromatic rings. The fourth-order valence-corrected chi connectivity index (χ4v) is 2.23. The van der Waals surface area contributed by atoms with Crippen LogP contribution in [0.25, 0.3) is 0 Å². The normalized spacial score (nSPS) is 13.0. The van der Waals surface area contributed by atoms with Gasteiger partial charge in [-0.25, -0.2) is 0 Å². The second-order valence-corrected chi connectivity index (χ2v) is 5.75. The zero-order chi connectivity index (χ0) is 18.1. The molecule has 4 N–H and O–H groups in total. The summed E-state index contributed by atoms with van der Waals surface area (Å²) in [6.07, 6.45) is 5.16. The Hall–Kier alpha value is -0.820. The van der Waals surface area contributed by atoms with Crippen molar-refractivity contribution in [3.8, 4) is 0 Å². The maximum absolute atomic E-state index is 11.0. The summed E-state index contributed by atoms with van der Waals surface area (Å²) < 4.78 is 0. The highest BCUT2D eigenvalue weighted by molar-refractivity contribution is 5.81. The van der Waals surface area contributed by atoms with Gasteiger partial charge in [0.1, 0.15) is 11.6 Å². The van der Waals surface area contributed by atoms with E-state index < -0.39 is 0 Å². The number of unbranched alkanes of at least 4 members (excludes halogenated alkanes) is 1. The van der Waals surface area contributed by atoms with Crippen molar-refractivity contribution in [3.63, 3.8) is 0 Å². The molecule has 0 saturated carbocycles. The van der Waals surface area contributed by atoms with Gasteiger partial charge >= 0.3 is 0 Å². The van der Waals surface area contributed by atoms with Crippen LogP contribution in [0.15, 0.2) is 0 Å². The van der Waals surface area contributed by atoms with Gasteiger partial charge in [-0.1, -0.05) is 6.42 Å². The summed E-state index contributed by atoms with van der Waals surface area (Å²) >= 11 is 0. The maximum Gasteiger partial charge on any atom is 0.146 e. The van der Waals surface area contributed by atoms with Gasteiger partial charge in [0.2, 0.25) is 0 Å². The number of hydrogen-bond acceptors (Lipinski definition) is 6. The van der Waals surface area contributed by atoms with Crippen molar-refractivity contribution < 1.29 is 9.59 Å². The molecule has 23 heavy (non-hydrogen) atoms. The number of rotatable bonds is 13. The molecule has 0 aliphatic carbocycles. The molecule has 0 aromatic heterocycles. The highest BCUT2D eigenvalue weighted by Crippen LogP contribution is 2.00. The van der Waals surface area contributed by atoms with Crippen molar-refractivity contribution in [2.75, 3.05) is 41.3 Å². The van der Waals surface area contributed by atoms with E-state index in [0.29, 0.717) is 0 Å². The smallest absolute Gasteiger partial charge is 0.146 e. The first kappa shape index (κ1) is 24.4. The fourth-order valence-electron chi connectivity index (χ4n) is 2.23. The van der Waals surface area contributed by atoms with Gasteiger partial charge in [0.25, 0.3) is 0 Å². The van der Waals surface area contributed by atoms with Crippen LogP contribution in [0.2, 0.25) is 0 Å². The van der Waals surface area contributed by atoms with Crippen molar-refractivity contribution in [2.45, 2.75) is 58.0 Å². The van der Waals surface area contributed by atoms with E-state index in [4.69, 9.17) is 0 Å². The standard InChI is InChI=1S/C9H20N2O.C8H18N2O/c1-8(12)9(11-3)6-4-5-7-10-2;1-7(11)8(10-3)5-4-6-9-2/h9-11H,4-7H2,1-3H3;8-10H,4-6H2,1-3H3/t9-;8-/m11/s1. The fraction of sp³-hybridized carbons (Fsp3) is 0.882. The van der Waals surface area contributed by atoms with E-state index in [1.54, 1.807) is 13.8 Å². The first-order valence-electron chi connectivity index (χ1n) is 8.59. The molecule has 6 nitrogen and oxygen atoms in total. The van der Waals surface area contributed by atoms with Crippen LogP contribution in [0.3, 0.4) is 0 Å². The number of nitrogens with one attached hydrogen (secondary N) is 4. The summed E-state index contributed by atoms with van der Waals surface area (Å²) in [4.78, 5) is 21.8. The highest BCUT2D eigenvalue weighted by atomic mass is 16.1. The average Bonchev–Trinajstić information content (AvgIpc) is 2.51. The van der Waals surface area contributed by atoms with E-state index in [2.05, 4.69) is 21.3 Å². The number of likely N-dealkylation sites (N-methyl/N-ethyl adjacent to an activating group) is 2. The first-order valence-corrected chi connectivity index (χ1v) is 8.59. The number of carbonyl (C=O) groups excluding carboxylic acids is 2. The van der Waals surface area contributed by atoms with Crippen LogP contribution in [0, 0.1) is 0 Å². The predicted octanol–water partition coefficient (Wildman–Crippen LogP) is 0.716. The van der Waals surface area contributed by atoms with Gasteiger partial charge < -0.3 is 21.3 Å². The molecule has 0 heterocycles. The number of ketones is 2. The maximum atomic E-state index is 11.0. The molecule has 6 heteroatoms. The Kier molecular flexibility index (Phi) is 18.6. The summed E-state index contributed by atoms with van der Waals surface area (Å²) in [5.41, 5.74) is 0. The molecule has 0 saturated heterocycles. The summed E-state index contributed by atoms with van der Waals surface area (Å²) in [6, 6.07) is 0.102. The minimum Gasteiger partial charge on any atom is -0.320 e. The second-order valence-electron chi connectivity index (χ2n) is 5.75. The molecule has 138 valence electrons. The minimum atomic E-state index is 0.0448. The van der Waals surface area contributed by atoms with E-state index in [1.165, 1.54) is 0 Å². The van der Waals surface area contributed by atoms with Crippen LogP contribution in [0.5, 0.6) is 0 Å². The van der Waals surface area contributed by atoms with Crippen molar-refractivity contribution in [2.24, 2.45) is 0 Å². The Morgan fingerprint density at radius 3 is 1.43 bits per heavy atom. The number of hydrogen-bond donors (Lipinski definition) is 4. The molecule has 0 rings (SSSR count). The lowest BCUT2D eigenvalue weighted by atomic mass is 10.1. The Morgan fingerprint density at radius 2 is 1.09 bits per heavy atom. The number of carbonyl (C=O) groups is 2.